The van der Waals surface area contributed by atoms with E-state index in [4.69, 9.17) is 17.3 Å². The maximum absolute atomic E-state index is 11.8. The molecular weight excluding hydrogens is 262 g/mol. The molecule has 2 N–H and O–H groups in total. The van der Waals surface area contributed by atoms with E-state index in [1.165, 1.54) is 19.2 Å². The number of nitro benzene ring substituents is 1. The number of hydrogen-bond acceptors (Lipinski definition) is 4. The highest BCUT2D eigenvalue weighted by atomic mass is 35.5. The first kappa shape index (κ1) is 13.9. The molecule has 1 rings (SSSR count). The average molecular weight is 272 g/mol. The Morgan fingerprint density at radius 2 is 2.11 bits per heavy atom. The van der Waals surface area contributed by atoms with E-state index >= 15 is 0 Å². The Morgan fingerprint density at radius 1 is 1.50 bits per heavy atom. The van der Waals surface area contributed by atoms with Crippen LogP contribution in [0.1, 0.15) is 10.4 Å². The van der Waals surface area contributed by atoms with Gasteiger partial charge in [0.2, 0.25) is 5.91 Å². The lowest BCUT2D eigenvalue weighted by Gasteiger charge is -2.14. The largest absolute Gasteiger partial charge is 0.368 e. The molecule has 0 spiro atoms. The highest BCUT2D eigenvalue weighted by molar-refractivity contribution is 6.33. The van der Waals surface area contributed by atoms with Gasteiger partial charge in [0.1, 0.15) is 5.02 Å². The van der Waals surface area contributed by atoms with Crippen LogP contribution in [0.15, 0.2) is 18.2 Å². The third-order valence-electron chi connectivity index (χ3n) is 2.13. The lowest BCUT2D eigenvalue weighted by molar-refractivity contribution is -0.384. The van der Waals surface area contributed by atoms with Gasteiger partial charge in [-0.1, -0.05) is 11.6 Å². The normalized spacial score (nSPS) is 9.89. The van der Waals surface area contributed by atoms with Gasteiger partial charge in [0, 0.05) is 18.7 Å². The van der Waals surface area contributed by atoms with Gasteiger partial charge in [-0.3, -0.25) is 19.7 Å². The van der Waals surface area contributed by atoms with Crippen LogP contribution in [0.5, 0.6) is 0 Å². The summed E-state index contributed by atoms with van der Waals surface area (Å²) in [5, 5.41) is 10.4. The number of nitrogens with two attached hydrogens (primary N) is 1. The third-order valence-corrected chi connectivity index (χ3v) is 2.43. The zero-order chi connectivity index (χ0) is 13.9. The Morgan fingerprint density at radius 3 is 2.56 bits per heavy atom. The van der Waals surface area contributed by atoms with E-state index in [0.717, 1.165) is 11.0 Å². The lowest BCUT2D eigenvalue weighted by Crippen LogP contribution is -2.35. The SMILES string of the molecule is CN(CC(N)=O)C(=O)c1ccc([N+](=O)[O-])c(Cl)c1. The van der Waals surface area contributed by atoms with Crippen LogP contribution >= 0.6 is 11.6 Å². The Hall–Kier alpha value is -2.15. The lowest BCUT2D eigenvalue weighted by atomic mass is 10.2. The summed E-state index contributed by atoms with van der Waals surface area (Å²) < 4.78 is 0. The van der Waals surface area contributed by atoms with Gasteiger partial charge in [-0.2, -0.15) is 0 Å². The zero-order valence-corrected chi connectivity index (χ0v) is 10.2. The molecule has 0 bridgehead atoms. The van der Waals surface area contributed by atoms with Crippen molar-refractivity contribution in [1.29, 1.82) is 0 Å². The highest BCUT2D eigenvalue weighted by Crippen LogP contribution is 2.25. The summed E-state index contributed by atoms with van der Waals surface area (Å²) in [4.78, 5) is 33.5. The van der Waals surface area contributed by atoms with Gasteiger partial charge in [-0.15, -0.1) is 0 Å². The molecule has 0 saturated carbocycles. The molecule has 0 aliphatic rings. The van der Waals surface area contributed by atoms with Crippen LogP contribution < -0.4 is 5.73 Å². The van der Waals surface area contributed by atoms with Gasteiger partial charge >= 0.3 is 0 Å². The van der Waals surface area contributed by atoms with E-state index < -0.39 is 16.7 Å². The Balaban J connectivity index is 2.98. The van der Waals surface area contributed by atoms with Crippen LogP contribution in [0.3, 0.4) is 0 Å². The minimum Gasteiger partial charge on any atom is -0.368 e. The second-order valence-corrected chi connectivity index (χ2v) is 3.96. The van der Waals surface area contributed by atoms with Crippen LogP contribution in [0.25, 0.3) is 0 Å². The van der Waals surface area contributed by atoms with E-state index in [-0.39, 0.29) is 22.8 Å². The third kappa shape index (κ3) is 3.17. The molecule has 0 aliphatic carbocycles. The molecule has 8 heteroatoms. The van der Waals surface area contributed by atoms with Gasteiger partial charge in [-0.25, -0.2) is 0 Å². The van der Waals surface area contributed by atoms with Crippen LogP contribution in [0.2, 0.25) is 5.02 Å². The number of nitrogens with zero attached hydrogens (tertiary/aromatic N) is 2. The molecule has 18 heavy (non-hydrogen) atoms. The minimum absolute atomic E-state index is 0.140. The Bertz CT molecular complexity index is 518. The van der Waals surface area contributed by atoms with Crippen LogP contribution in [0, 0.1) is 10.1 Å². The second-order valence-electron chi connectivity index (χ2n) is 3.55. The topological polar surface area (TPSA) is 107 Å². The molecule has 1 aromatic carbocycles. The molecular formula is C10H10ClN3O4. The monoisotopic (exact) mass is 271 g/mol. The number of primary amides is 1. The number of amides is 2. The number of halogens is 1. The van der Waals surface area contributed by atoms with Gasteiger partial charge in [0.05, 0.1) is 11.5 Å². The summed E-state index contributed by atoms with van der Waals surface area (Å²) in [6, 6.07) is 3.58. The van der Waals surface area contributed by atoms with Crippen molar-refractivity contribution in [1.82, 2.24) is 4.90 Å². The average Bonchev–Trinajstić information content (AvgIpc) is 2.26. The number of nitro groups is 1. The van der Waals surface area contributed by atoms with E-state index in [0.29, 0.717) is 0 Å². The molecule has 0 aromatic heterocycles. The zero-order valence-electron chi connectivity index (χ0n) is 9.42. The van der Waals surface area contributed by atoms with Crippen molar-refractivity contribution < 1.29 is 14.5 Å². The molecule has 2 amide bonds. The van der Waals surface area contributed by atoms with Crippen LogP contribution in [-0.4, -0.2) is 35.2 Å². The van der Waals surface area contributed by atoms with Crippen molar-refractivity contribution in [3.8, 4) is 0 Å². The molecule has 7 nitrogen and oxygen atoms in total. The van der Waals surface area contributed by atoms with Crippen molar-refractivity contribution in [2.75, 3.05) is 13.6 Å². The fourth-order valence-corrected chi connectivity index (χ4v) is 1.56. The molecule has 0 saturated heterocycles. The number of hydrogen-bond donors (Lipinski definition) is 1. The number of rotatable bonds is 4. The molecule has 0 radical (unpaired) electrons. The van der Waals surface area contributed by atoms with Crippen molar-refractivity contribution in [2.45, 2.75) is 0 Å². The maximum Gasteiger partial charge on any atom is 0.287 e. The minimum atomic E-state index is -0.654. The van der Waals surface area contributed by atoms with E-state index in [2.05, 4.69) is 0 Å². The number of carbonyl (C=O) groups excluding carboxylic acids is 2. The quantitative estimate of drug-likeness (QED) is 0.646. The summed E-state index contributed by atoms with van der Waals surface area (Å²) in [5.74, 6) is -1.15. The summed E-state index contributed by atoms with van der Waals surface area (Å²) in [7, 11) is 1.39. The molecule has 0 heterocycles. The summed E-state index contributed by atoms with van der Waals surface area (Å²) in [6.45, 7) is -0.243. The van der Waals surface area contributed by atoms with Crippen molar-refractivity contribution in [2.24, 2.45) is 5.73 Å². The Kier molecular flexibility index (Phi) is 4.22. The van der Waals surface area contributed by atoms with E-state index in [1.807, 2.05) is 0 Å². The summed E-state index contributed by atoms with van der Waals surface area (Å²) in [5.41, 5.74) is 4.82. The smallest absolute Gasteiger partial charge is 0.287 e. The molecule has 1 aromatic rings. The van der Waals surface area contributed by atoms with Crippen LogP contribution in [0.4, 0.5) is 5.69 Å². The van der Waals surface area contributed by atoms with Gasteiger partial charge in [0.15, 0.2) is 0 Å². The first-order valence-electron chi connectivity index (χ1n) is 4.80. The van der Waals surface area contributed by atoms with Gasteiger partial charge in [0.25, 0.3) is 11.6 Å². The number of carbonyl (C=O) groups is 2. The van der Waals surface area contributed by atoms with E-state index in [9.17, 15) is 19.7 Å². The van der Waals surface area contributed by atoms with Crippen LogP contribution in [-0.2, 0) is 4.79 Å². The van der Waals surface area contributed by atoms with Gasteiger partial charge < -0.3 is 10.6 Å². The predicted octanol–water partition coefficient (Wildman–Crippen LogP) is 0.806. The highest BCUT2D eigenvalue weighted by Gasteiger charge is 2.18. The number of benzene rings is 1. The second kappa shape index (κ2) is 5.46. The summed E-state index contributed by atoms with van der Waals surface area (Å²) >= 11 is 5.67. The van der Waals surface area contributed by atoms with Gasteiger partial charge in [-0.05, 0) is 12.1 Å². The first-order valence-corrected chi connectivity index (χ1v) is 5.18. The predicted molar refractivity (Wildman–Crippen MR) is 64.3 cm³/mol. The fourth-order valence-electron chi connectivity index (χ4n) is 1.31. The fraction of sp³-hybridized carbons (Fsp3) is 0.200. The molecule has 96 valence electrons. The standard InChI is InChI=1S/C10H10ClN3O4/c1-13(5-9(12)15)10(16)6-2-3-8(14(17)18)7(11)4-6/h2-4H,5H2,1H3,(H2,12,15). The van der Waals surface area contributed by atoms with Crippen molar-refractivity contribution in [3.05, 3.63) is 38.9 Å². The van der Waals surface area contributed by atoms with Crippen molar-refractivity contribution >= 4 is 29.1 Å². The molecule has 0 aliphatic heterocycles. The van der Waals surface area contributed by atoms with E-state index in [1.54, 1.807) is 0 Å². The molecule has 0 fully saturated rings. The first-order chi connectivity index (χ1) is 8.32. The number of likely N-dealkylation sites (N-methyl/N-ethyl adjacent to an activating group) is 1. The Labute approximate surface area is 107 Å². The maximum atomic E-state index is 11.8. The molecule has 0 atom stereocenters. The summed E-state index contributed by atoms with van der Waals surface area (Å²) in [6.07, 6.45) is 0. The van der Waals surface area contributed by atoms with Crippen molar-refractivity contribution in [3.63, 3.8) is 0 Å². The molecule has 0 unspecified atom stereocenters.